The number of rotatable bonds is 4. The van der Waals surface area contributed by atoms with Crippen LogP contribution in [0.3, 0.4) is 0 Å². The van der Waals surface area contributed by atoms with E-state index >= 15 is 0 Å². The van der Waals surface area contributed by atoms with Crippen molar-refractivity contribution in [3.63, 3.8) is 0 Å². The first-order chi connectivity index (χ1) is 9.37. The lowest BCUT2D eigenvalue weighted by atomic mass is 10.1. The van der Waals surface area contributed by atoms with Crippen LogP contribution in [0.1, 0.15) is 47.0 Å². The van der Waals surface area contributed by atoms with E-state index in [4.69, 9.17) is 10.5 Å². The lowest BCUT2D eigenvalue weighted by molar-refractivity contribution is 0.0255. The Labute approximate surface area is 123 Å². The van der Waals surface area contributed by atoms with Gasteiger partial charge in [-0.05, 0) is 46.6 Å². The minimum absolute atomic E-state index is 0.189. The van der Waals surface area contributed by atoms with Crippen molar-refractivity contribution in [2.75, 3.05) is 32.7 Å². The lowest BCUT2D eigenvalue weighted by Gasteiger charge is -2.30. The average molecular weight is 285 g/mol. The quantitative estimate of drug-likeness (QED) is 0.859. The number of amides is 1. The first-order valence-electron chi connectivity index (χ1n) is 7.79. The van der Waals surface area contributed by atoms with Gasteiger partial charge in [0.15, 0.2) is 0 Å². The van der Waals surface area contributed by atoms with E-state index in [0.29, 0.717) is 6.04 Å². The summed E-state index contributed by atoms with van der Waals surface area (Å²) in [4.78, 5) is 16.4. The maximum absolute atomic E-state index is 12.1. The van der Waals surface area contributed by atoms with Crippen LogP contribution < -0.4 is 5.73 Å². The van der Waals surface area contributed by atoms with Crippen molar-refractivity contribution in [1.29, 1.82) is 0 Å². The number of carbonyl (C=O) groups excluding carboxylic acids is 1. The summed E-state index contributed by atoms with van der Waals surface area (Å²) in [5.74, 6) is 0. The molecule has 0 radical (unpaired) electrons. The molecule has 0 aromatic rings. The Balaban J connectivity index is 2.52. The van der Waals surface area contributed by atoms with Gasteiger partial charge in [0.1, 0.15) is 5.60 Å². The number of nitrogens with two attached hydrogens (primary N) is 1. The van der Waals surface area contributed by atoms with Gasteiger partial charge in [0, 0.05) is 32.2 Å². The molecule has 1 heterocycles. The zero-order valence-corrected chi connectivity index (χ0v) is 13.5. The van der Waals surface area contributed by atoms with Crippen LogP contribution in [0, 0.1) is 0 Å². The van der Waals surface area contributed by atoms with E-state index in [-0.39, 0.29) is 6.09 Å². The van der Waals surface area contributed by atoms with Gasteiger partial charge in [0.05, 0.1) is 0 Å². The van der Waals surface area contributed by atoms with Crippen molar-refractivity contribution in [3.8, 4) is 0 Å². The van der Waals surface area contributed by atoms with Crippen LogP contribution in [0.4, 0.5) is 4.79 Å². The number of hydrogen-bond donors (Lipinski definition) is 1. The Morgan fingerprint density at radius 3 is 2.50 bits per heavy atom. The minimum atomic E-state index is -0.422. The summed E-state index contributed by atoms with van der Waals surface area (Å²) in [6, 6.07) is 0.540. The van der Waals surface area contributed by atoms with Crippen LogP contribution >= 0.6 is 0 Å². The Bertz CT molecular complexity index is 302. The molecular weight excluding hydrogens is 254 g/mol. The van der Waals surface area contributed by atoms with Gasteiger partial charge in [0.25, 0.3) is 0 Å². The van der Waals surface area contributed by atoms with Gasteiger partial charge in [-0.25, -0.2) is 4.79 Å². The van der Waals surface area contributed by atoms with E-state index in [1.54, 1.807) is 0 Å². The molecule has 1 amide bonds. The molecule has 1 atom stereocenters. The largest absolute Gasteiger partial charge is 0.444 e. The van der Waals surface area contributed by atoms with Gasteiger partial charge in [-0.2, -0.15) is 0 Å². The zero-order valence-electron chi connectivity index (χ0n) is 13.5. The molecule has 0 bridgehead atoms. The third kappa shape index (κ3) is 5.67. The molecule has 1 aliphatic rings. The highest BCUT2D eigenvalue weighted by atomic mass is 16.6. The molecule has 0 aliphatic carbocycles. The van der Waals surface area contributed by atoms with E-state index in [1.807, 2.05) is 25.7 Å². The summed E-state index contributed by atoms with van der Waals surface area (Å²) >= 11 is 0. The number of carbonyl (C=O) groups is 1. The molecule has 5 nitrogen and oxygen atoms in total. The van der Waals surface area contributed by atoms with Gasteiger partial charge in [0.2, 0.25) is 0 Å². The highest BCUT2D eigenvalue weighted by Gasteiger charge is 2.26. The molecule has 1 fully saturated rings. The van der Waals surface area contributed by atoms with Gasteiger partial charge in [-0.1, -0.05) is 6.92 Å². The van der Waals surface area contributed by atoms with Crippen molar-refractivity contribution in [3.05, 3.63) is 0 Å². The second-order valence-electron chi connectivity index (χ2n) is 6.50. The predicted octanol–water partition coefficient (Wildman–Crippen LogP) is 2.06. The van der Waals surface area contributed by atoms with E-state index in [2.05, 4.69) is 11.8 Å². The number of ether oxygens (including phenoxy) is 1. The molecule has 0 spiro atoms. The molecule has 0 aromatic carbocycles. The Kier molecular flexibility index (Phi) is 6.76. The predicted molar refractivity (Wildman–Crippen MR) is 81.7 cm³/mol. The van der Waals surface area contributed by atoms with Crippen LogP contribution in [0.2, 0.25) is 0 Å². The fraction of sp³-hybridized carbons (Fsp3) is 0.933. The number of nitrogens with zero attached hydrogens (tertiary/aromatic N) is 2. The maximum atomic E-state index is 12.1. The fourth-order valence-electron chi connectivity index (χ4n) is 2.65. The second-order valence-corrected chi connectivity index (χ2v) is 6.50. The molecule has 1 aliphatic heterocycles. The van der Waals surface area contributed by atoms with E-state index in [0.717, 1.165) is 52.0 Å². The van der Waals surface area contributed by atoms with E-state index in [1.165, 1.54) is 0 Å². The Hall–Kier alpha value is -0.810. The molecule has 0 saturated carbocycles. The Morgan fingerprint density at radius 1 is 1.25 bits per heavy atom. The summed E-state index contributed by atoms with van der Waals surface area (Å²) in [5, 5.41) is 0. The normalized spacial score (nSPS) is 19.6. The van der Waals surface area contributed by atoms with Crippen molar-refractivity contribution < 1.29 is 9.53 Å². The molecule has 5 heteroatoms. The molecule has 0 aromatic heterocycles. The van der Waals surface area contributed by atoms with E-state index in [9.17, 15) is 4.79 Å². The standard InChI is InChI=1S/C15H31N3O2/c1-5-13(7-8-16)17-9-6-10-18(12-11-17)14(19)20-15(2,3)4/h13H,5-12,16H2,1-4H3. The Morgan fingerprint density at radius 2 is 1.95 bits per heavy atom. The molecule has 1 saturated heterocycles. The zero-order chi connectivity index (χ0) is 15.2. The first-order valence-corrected chi connectivity index (χ1v) is 7.79. The molecule has 20 heavy (non-hydrogen) atoms. The third-order valence-corrected chi connectivity index (χ3v) is 3.67. The van der Waals surface area contributed by atoms with Crippen molar-refractivity contribution in [2.24, 2.45) is 5.73 Å². The summed E-state index contributed by atoms with van der Waals surface area (Å²) in [7, 11) is 0. The molecule has 2 N–H and O–H groups in total. The van der Waals surface area contributed by atoms with Gasteiger partial charge >= 0.3 is 6.09 Å². The molecule has 1 unspecified atom stereocenters. The third-order valence-electron chi connectivity index (χ3n) is 3.67. The molecular formula is C15H31N3O2. The second kappa shape index (κ2) is 7.84. The highest BCUT2D eigenvalue weighted by Crippen LogP contribution is 2.15. The van der Waals surface area contributed by atoms with Gasteiger partial charge < -0.3 is 15.4 Å². The molecule has 1 rings (SSSR count). The highest BCUT2D eigenvalue weighted by molar-refractivity contribution is 5.68. The minimum Gasteiger partial charge on any atom is -0.444 e. The summed E-state index contributed by atoms with van der Waals surface area (Å²) < 4.78 is 5.45. The van der Waals surface area contributed by atoms with Crippen LogP contribution in [0.25, 0.3) is 0 Å². The maximum Gasteiger partial charge on any atom is 0.410 e. The smallest absolute Gasteiger partial charge is 0.410 e. The van der Waals surface area contributed by atoms with E-state index < -0.39 is 5.60 Å². The SMILES string of the molecule is CCC(CCN)N1CCCN(C(=O)OC(C)(C)C)CC1. The summed E-state index contributed by atoms with van der Waals surface area (Å²) in [6.07, 6.45) is 2.96. The fourth-order valence-corrected chi connectivity index (χ4v) is 2.65. The van der Waals surface area contributed by atoms with Crippen LogP contribution in [0.15, 0.2) is 0 Å². The topological polar surface area (TPSA) is 58.8 Å². The van der Waals surface area contributed by atoms with Crippen LogP contribution in [-0.2, 0) is 4.74 Å². The summed E-state index contributed by atoms with van der Waals surface area (Å²) in [6.45, 7) is 12.1. The number of hydrogen-bond acceptors (Lipinski definition) is 4. The first kappa shape index (κ1) is 17.2. The van der Waals surface area contributed by atoms with Crippen LogP contribution in [0.5, 0.6) is 0 Å². The lowest BCUT2D eigenvalue weighted by Crippen LogP contribution is -2.41. The summed E-state index contributed by atoms with van der Waals surface area (Å²) in [5.41, 5.74) is 5.26. The van der Waals surface area contributed by atoms with Crippen LogP contribution in [-0.4, -0.2) is 60.3 Å². The van der Waals surface area contributed by atoms with Crippen molar-refractivity contribution in [1.82, 2.24) is 9.80 Å². The monoisotopic (exact) mass is 285 g/mol. The molecule has 118 valence electrons. The average Bonchev–Trinajstić information content (AvgIpc) is 2.59. The van der Waals surface area contributed by atoms with Crippen molar-refractivity contribution in [2.45, 2.75) is 58.6 Å². The van der Waals surface area contributed by atoms with Crippen molar-refractivity contribution >= 4 is 6.09 Å². The van der Waals surface area contributed by atoms with Gasteiger partial charge in [-0.15, -0.1) is 0 Å². The van der Waals surface area contributed by atoms with Gasteiger partial charge in [-0.3, -0.25) is 4.90 Å².